The van der Waals surface area contributed by atoms with Gasteiger partial charge in [-0.05, 0) is 38.5 Å². The average Bonchev–Trinajstić information content (AvgIpc) is 3.26. The first kappa shape index (κ1) is 20.0. The monoisotopic (exact) mass is 440 g/mol. The van der Waals surface area contributed by atoms with Gasteiger partial charge in [0.15, 0.2) is 0 Å². The lowest BCUT2D eigenvalue weighted by molar-refractivity contribution is -0.115. The fourth-order valence-corrected chi connectivity index (χ4v) is 5.79. The molecular formula is C21H20N4OS3. The second kappa shape index (κ2) is 8.61. The second-order valence-electron chi connectivity index (χ2n) is 6.75. The first-order valence-corrected chi connectivity index (χ1v) is 11.8. The third-order valence-corrected chi connectivity index (χ3v) is 7.57. The number of hydrogen-bond acceptors (Lipinski definition) is 7. The van der Waals surface area contributed by atoms with Crippen LogP contribution in [0.3, 0.4) is 0 Å². The van der Waals surface area contributed by atoms with E-state index in [0.29, 0.717) is 0 Å². The highest BCUT2D eigenvalue weighted by molar-refractivity contribution is 7.98. The van der Waals surface area contributed by atoms with Gasteiger partial charge in [0.25, 0.3) is 0 Å². The van der Waals surface area contributed by atoms with Crippen LogP contribution in [0.4, 0.5) is 5.69 Å². The van der Waals surface area contributed by atoms with Crippen molar-refractivity contribution in [1.29, 1.82) is 0 Å². The molecule has 8 heteroatoms. The Hall–Kier alpha value is -2.29. The number of thioether (sulfide) groups is 1. The molecule has 0 aliphatic carbocycles. The molecule has 0 aliphatic rings. The van der Waals surface area contributed by atoms with Crippen LogP contribution in [0.5, 0.6) is 0 Å². The predicted molar refractivity (Wildman–Crippen MR) is 122 cm³/mol. The molecule has 1 N–H and O–H groups in total. The zero-order valence-corrected chi connectivity index (χ0v) is 18.8. The molecule has 0 bridgehead atoms. The lowest BCUT2D eigenvalue weighted by Crippen LogP contribution is -2.14. The van der Waals surface area contributed by atoms with Gasteiger partial charge in [-0.3, -0.25) is 4.79 Å². The average molecular weight is 441 g/mol. The van der Waals surface area contributed by atoms with Gasteiger partial charge in [0.05, 0.1) is 12.1 Å². The normalized spacial score (nSPS) is 11.1. The molecule has 1 amide bonds. The Balaban J connectivity index is 1.38. The summed E-state index contributed by atoms with van der Waals surface area (Å²) >= 11 is 4.89. The molecule has 0 spiro atoms. The highest BCUT2D eigenvalue weighted by Gasteiger charge is 2.14. The van der Waals surface area contributed by atoms with Gasteiger partial charge in [-0.1, -0.05) is 29.5 Å². The molecular weight excluding hydrogens is 420 g/mol. The first-order chi connectivity index (χ1) is 14.0. The van der Waals surface area contributed by atoms with Crippen molar-refractivity contribution in [2.75, 3.05) is 5.32 Å². The second-order valence-corrected chi connectivity index (χ2v) is 9.86. The maximum atomic E-state index is 12.3. The van der Waals surface area contributed by atoms with E-state index in [9.17, 15) is 4.79 Å². The fourth-order valence-electron chi connectivity index (χ4n) is 2.88. The summed E-state index contributed by atoms with van der Waals surface area (Å²) in [4.78, 5) is 28.1. The van der Waals surface area contributed by atoms with E-state index in [4.69, 9.17) is 0 Å². The van der Waals surface area contributed by atoms with Crippen molar-refractivity contribution in [1.82, 2.24) is 15.0 Å². The van der Waals surface area contributed by atoms with Crippen LogP contribution in [0.25, 0.3) is 10.2 Å². The van der Waals surface area contributed by atoms with E-state index < -0.39 is 0 Å². The number of amides is 1. The van der Waals surface area contributed by atoms with E-state index in [0.717, 1.165) is 37.4 Å². The first-order valence-electron chi connectivity index (χ1n) is 9.13. The van der Waals surface area contributed by atoms with E-state index in [-0.39, 0.29) is 12.3 Å². The molecule has 5 nitrogen and oxygen atoms in total. The van der Waals surface area contributed by atoms with Crippen LogP contribution in [0.1, 0.15) is 26.7 Å². The van der Waals surface area contributed by atoms with Gasteiger partial charge in [-0.2, -0.15) is 0 Å². The molecule has 148 valence electrons. The minimum atomic E-state index is -0.0516. The SMILES string of the molecule is Cc1ccc(NC(=O)Cc2nc(CSc3ncnc4sc(C)c(C)c34)cs2)cc1. The Labute approximate surface area is 181 Å². The van der Waals surface area contributed by atoms with E-state index in [1.165, 1.54) is 27.3 Å². The summed E-state index contributed by atoms with van der Waals surface area (Å²) < 4.78 is 0. The molecule has 0 atom stereocenters. The van der Waals surface area contributed by atoms with Crippen LogP contribution in [-0.2, 0) is 17.0 Å². The number of fused-ring (bicyclic) bond motifs is 1. The van der Waals surface area contributed by atoms with Gasteiger partial charge in [-0.15, -0.1) is 22.7 Å². The largest absolute Gasteiger partial charge is 0.326 e. The standard InChI is InChI=1S/C21H20N4OS3/c1-12-4-6-15(7-5-12)24-17(26)8-18-25-16(9-27-18)10-28-20-19-13(2)14(3)29-21(19)23-11-22-20/h4-7,9,11H,8,10H2,1-3H3,(H,24,26). The Morgan fingerprint density at radius 1 is 1.14 bits per heavy atom. The minimum Gasteiger partial charge on any atom is -0.326 e. The zero-order valence-electron chi connectivity index (χ0n) is 16.4. The van der Waals surface area contributed by atoms with Crippen LogP contribution in [0, 0.1) is 20.8 Å². The Bertz CT molecular complexity index is 1160. The third-order valence-electron chi connectivity index (χ3n) is 4.53. The summed E-state index contributed by atoms with van der Waals surface area (Å²) in [5.74, 6) is 0.667. The zero-order chi connectivity index (χ0) is 20.4. The van der Waals surface area contributed by atoms with E-state index >= 15 is 0 Å². The number of aromatic nitrogens is 3. The van der Waals surface area contributed by atoms with E-state index in [2.05, 4.69) is 34.1 Å². The van der Waals surface area contributed by atoms with Gasteiger partial charge < -0.3 is 5.32 Å². The topological polar surface area (TPSA) is 67.8 Å². The molecule has 29 heavy (non-hydrogen) atoms. The fraction of sp³-hybridized carbons (Fsp3) is 0.238. The third kappa shape index (κ3) is 4.66. The number of thiophene rings is 1. The molecule has 0 saturated carbocycles. The molecule has 4 aromatic rings. The molecule has 3 aromatic heterocycles. The maximum Gasteiger partial charge on any atom is 0.231 e. The van der Waals surface area contributed by atoms with E-state index in [1.807, 2.05) is 36.6 Å². The Morgan fingerprint density at radius 3 is 2.72 bits per heavy atom. The van der Waals surface area contributed by atoms with E-state index in [1.54, 1.807) is 29.4 Å². The summed E-state index contributed by atoms with van der Waals surface area (Å²) in [6, 6.07) is 7.78. The smallest absolute Gasteiger partial charge is 0.231 e. The van der Waals surface area contributed by atoms with Crippen molar-refractivity contribution in [3.8, 4) is 0 Å². The van der Waals surface area contributed by atoms with Gasteiger partial charge in [0.1, 0.15) is 21.2 Å². The number of carbonyl (C=O) groups is 1. The summed E-state index contributed by atoms with van der Waals surface area (Å²) in [7, 11) is 0. The number of thiazole rings is 1. The molecule has 1 aromatic carbocycles. The molecule has 4 rings (SSSR count). The van der Waals surface area contributed by atoms with Crippen molar-refractivity contribution in [3.63, 3.8) is 0 Å². The lowest BCUT2D eigenvalue weighted by Gasteiger charge is -2.04. The molecule has 0 fully saturated rings. The molecule has 0 radical (unpaired) electrons. The Morgan fingerprint density at radius 2 is 1.93 bits per heavy atom. The maximum absolute atomic E-state index is 12.3. The molecule has 0 unspecified atom stereocenters. The summed E-state index contributed by atoms with van der Waals surface area (Å²) in [5, 5.41) is 7.90. The van der Waals surface area contributed by atoms with Crippen LogP contribution < -0.4 is 5.32 Å². The quantitative estimate of drug-likeness (QED) is 0.315. The number of nitrogens with one attached hydrogen (secondary N) is 1. The number of rotatable bonds is 6. The van der Waals surface area contributed by atoms with Gasteiger partial charge in [-0.25, -0.2) is 15.0 Å². The number of benzene rings is 1. The number of anilines is 1. The summed E-state index contributed by atoms with van der Waals surface area (Å²) in [5.41, 5.74) is 4.19. The van der Waals surface area contributed by atoms with Gasteiger partial charge in [0.2, 0.25) is 5.91 Å². The van der Waals surface area contributed by atoms with Crippen molar-refractivity contribution < 1.29 is 4.79 Å². The van der Waals surface area contributed by atoms with Crippen LogP contribution in [0.2, 0.25) is 0 Å². The summed E-state index contributed by atoms with van der Waals surface area (Å²) in [6.45, 7) is 6.26. The highest BCUT2D eigenvalue weighted by Crippen LogP contribution is 2.35. The molecule has 3 heterocycles. The van der Waals surface area contributed by atoms with Crippen LogP contribution in [0.15, 0.2) is 41.0 Å². The number of hydrogen-bond donors (Lipinski definition) is 1. The molecule has 0 aliphatic heterocycles. The predicted octanol–water partition coefficient (Wildman–Crippen LogP) is 5.55. The van der Waals surface area contributed by atoms with Crippen molar-refractivity contribution in [2.45, 2.75) is 38.0 Å². The highest BCUT2D eigenvalue weighted by atomic mass is 32.2. The minimum absolute atomic E-state index is 0.0516. The molecule has 0 saturated heterocycles. The van der Waals surface area contributed by atoms with Crippen LogP contribution >= 0.6 is 34.4 Å². The lowest BCUT2D eigenvalue weighted by atomic mass is 10.2. The number of carbonyl (C=O) groups excluding carboxylic acids is 1. The van der Waals surface area contributed by atoms with Gasteiger partial charge in [0, 0.05) is 27.1 Å². The van der Waals surface area contributed by atoms with Crippen molar-refractivity contribution in [3.05, 3.63) is 62.7 Å². The Kier molecular flexibility index (Phi) is 5.94. The van der Waals surface area contributed by atoms with Crippen LogP contribution in [-0.4, -0.2) is 20.9 Å². The van der Waals surface area contributed by atoms with Gasteiger partial charge >= 0.3 is 0 Å². The number of aryl methyl sites for hydroxylation is 3. The van der Waals surface area contributed by atoms with Crippen molar-refractivity contribution in [2.24, 2.45) is 0 Å². The van der Waals surface area contributed by atoms with Crippen molar-refractivity contribution >= 4 is 56.2 Å². The summed E-state index contributed by atoms with van der Waals surface area (Å²) in [6.07, 6.45) is 1.91. The number of nitrogens with zero attached hydrogens (tertiary/aromatic N) is 3.